The first-order valence-electron chi connectivity index (χ1n) is 7.77. The molecule has 0 heterocycles. The first-order chi connectivity index (χ1) is 11.3. The molecule has 0 aromatic heterocycles. The number of carbonyl (C=O) groups is 3. The average molecular weight is 352 g/mol. The summed E-state index contributed by atoms with van der Waals surface area (Å²) in [5.41, 5.74) is 2.03. The van der Waals surface area contributed by atoms with Gasteiger partial charge in [0.15, 0.2) is 0 Å². The molecule has 0 saturated carbocycles. The van der Waals surface area contributed by atoms with Crippen LogP contribution in [0.25, 0.3) is 0 Å². The zero-order valence-corrected chi connectivity index (χ0v) is 15.0. The van der Waals surface area contributed by atoms with Crippen molar-refractivity contribution >= 4 is 35.2 Å². The minimum absolute atomic E-state index is 0.0275. The van der Waals surface area contributed by atoms with E-state index in [9.17, 15) is 14.4 Å². The third-order valence-corrected chi connectivity index (χ3v) is 4.06. The van der Waals surface area contributed by atoms with Crippen molar-refractivity contribution in [2.75, 3.05) is 23.4 Å². The molecule has 1 rings (SSSR count). The van der Waals surface area contributed by atoms with Gasteiger partial charge in [-0.2, -0.15) is 0 Å². The highest BCUT2D eigenvalue weighted by Crippen LogP contribution is 2.17. The van der Waals surface area contributed by atoms with E-state index >= 15 is 0 Å². The number of anilines is 1. The summed E-state index contributed by atoms with van der Waals surface area (Å²) in [6.07, 6.45) is 0.454. The Morgan fingerprint density at radius 3 is 2.54 bits per heavy atom. The summed E-state index contributed by atoms with van der Waals surface area (Å²) >= 11 is 1.25. The fourth-order valence-corrected chi connectivity index (χ4v) is 2.58. The maximum Gasteiger partial charge on any atom is 0.313 e. The number of rotatable bonds is 9. The number of carboxylic acid groups (broad SMARTS) is 1. The molecule has 0 aliphatic heterocycles. The molecule has 0 unspecified atom stereocenters. The predicted molar refractivity (Wildman–Crippen MR) is 96.6 cm³/mol. The number of hydrogen-bond donors (Lipinski definition) is 3. The first-order valence-corrected chi connectivity index (χ1v) is 8.93. The third-order valence-electron chi connectivity index (χ3n) is 3.11. The van der Waals surface area contributed by atoms with Crippen LogP contribution in [0.2, 0.25) is 0 Å². The maximum atomic E-state index is 12.0. The summed E-state index contributed by atoms with van der Waals surface area (Å²) in [7, 11) is 0. The summed E-state index contributed by atoms with van der Waals surface area (Å²) in [4.78, 5) is 34.2. The van der Waals surface area contributed by atoms with Gasteiger partial charge in [0.05, 0.1) is 5.75 Å². The highest BCUT2D eigenvalue weighted by Gasteiger charge is 2.10. The van der Waals surface area contributed by atoms with Crippen molar-refractivity contribution in [2.45, 2.75) is 27.2 Å². The van der Waals surface area contributed by atoms with Gasteiger partial charge in [-0.15, -0.1) is 11.8 Å². The Labute approximate surface area is 146 Å². The molecule has 1 aromatic rings. The van der Waals surface area contributed by atoms with Gasteiger partial charge < -0.3 is 15.7 Å². The molecule has 0 radical (unpaired) electrons. The molecule has 0 bridgehead atoms. The smallest absolute Gasteiger partial charge is 0.313 e. The molecule has 0 atom stereocenters. The van der Waals surface area contributed by atoms with Crippen LogP contribution in [-0.2, 0) is 9.59 Å². The minimum atomic E-state index is -0.864. The number of carboxylic acids is 1. The van der Waals surface area contributed by atoms with Gasteiger partial charge in [0, 0.05) is 30.0 Å². The van der Waals surface area contributed by atoms with Crippen molar-refractivity contribution in [3.05, 3.63) is 29.3 Å². The second kappa shape index (κ2) is 9.97. The Balaban J connectivity index is 2.52. The number of hydrogen-bond acceptors (Lipinski definition) is 4. The van der Waals surface area contributed by atoms with Gasteiger partial charge in [0.25, 0.3) is 5.91 Å². The van der Waals surface area contributed by atoms with Crippen molar-refractivity contribution < 1.29 is 19.5 Å². The van der Waals surface area contributed by atoms with Crippen LogP contribution < -0.4 is 10.6 Å². The van der Waals surface area contributed by atoms with E-state index in [0.29, 0.717) is 30.0 Å². The molecular weight excluding hydrogens is 328 g/mol. The molecule has 3 N–H and O–H groups in total. The molecule has 2 amide bonds. The summed E-state index contributed by atoms with van der Waals surface area (Å²) in [6.45, 7) is 6.20. The van der Waals surface area contributed by atoms with Crippen LogP contribution >= 0.6 is 11.8 Å². The fraction of sp³-hybridized carbons (Fsp3) is 0.471. The summed E-state index contributed by atoms with van der Waals surface area (Å²) in [6, 6.07) is 5.12. The van der Waals surface area contributed by atoms with Crippen molar-refractivity contribution in [2.24, 2.45) is 5.92 Å². The van der Waals surface area contributed by atoms with E-state index in [4.69, 9.17) is 5.11 Å². The zero-order valence-electron chi connectivity index (χ0n) is 14.2. The second-order valence-electron chi connectivity index (χ2n) is 5.88. The van der Waals surface area contributed by atoms with Gasteiger partial charge in [-0.05, 0) is 36.6 Å². The van der Waals surface area contributed by atoms with Crippen LogP contribution in [0.3, 0.4) is 0 Å². The molecule has 0 aliphatic rings. The number of aryl methyl sites for hydroxylation is 1. The summed E-state index contributed by atoms with van der Waals surface area (Å²) in [5, 5.41) is 14.1. The average Bonchev–Trinajstić information content (AvgIpc) is 2.47. The van der Waals surface area contributed by atoms with Gasteiger partial charge in [-0.1, -0.05) is 13.8 Å². The largest absolute Gasteiger partial charge is 0.481 e. The SMILES string of the molecule is Cc1cc(C(=O)NCCSCC(=O)O)ccc1NC(=O)CC(C)C. The Morgan fingerprint density at radius 1 is 1.25 bits per heavy atom. The van der Waals surface area contributed by atoms with Crippen molar-refractivity contribution in [1.82, 2.24) is 5.32 Å². The van der Waals surface area contributed by atoms with Gasteiger partial charge in [-0.25, -0.2) is 0 Å². The number of thioether (sulfide) groups is 1. The van der Waals surface area contributed by atoms with Crippen molar-refractivity contribution in [1.29, 1.82) is 0 Å². The van der Waals surface area contributed by atoms with Crippen molar-refractivity contribution in [3.8, 4) is 0 Å². The highest BCUT2D eigenvalue weighted by atomic mass is 32.2. The zero-order chi connectivity index (χ0) is 18.1. The lowest BCUT2D eigenvalue weighted by Crippen LogP contribution is -2.26. The number of aliphatic carboxylic acids is 1. The van der Waals surface area contributed by atoms with Crippen LogP contribution in [0.5, 0.6) is 0 Å². The van der Waals surface area contributed by atoms with Gasteiger partial charge in [-0.3, -0.25) is 14.4 Å². The lowest BCUT2D eigenvalue weighted by molar-refractivity contribution is -0.133. The molecule has 1 aromatic carbocycles. The topological polar surface area (TPSA) is 95.5 Å². The van der Waals surface area contributed by atoms with E-state index in [1.165, 1.54) is 11.8 Å². The highest BCUT2D eigenvalue weighted by molar-refractivity contribution is 7.99. The lowest BCUT2D eigenvalue weighted by Gasteiger charge is -2.11. The predicted octanol–water partition coefficient (Wildman–Crippen LogP) is 2.53. The van der Waals surface area contributed by atoms with Gasteiger partial charge >= 0.3 is 5.97 Å². The van der Waals surface area contributed by atoms with E-state index in [0.717, 1.165) is 5.56 Å². The minimum Gasteiger partial charge on any atom is -0.481 e. The molecule has 0 spiro atoms. The van der Waals surface area contributed by atoms with E-state index < -0.39 is 5.97 Å². The molecule has 0 aliphatic carbocycles. The standard InChI is InChI=1S/C17H24N2O4S/c1-11(2)8-15(20)19-14-5-4-13(9-12(14)3)17(23)18-6-7-24-10-16(21)22/h4-5,9,11H,6-8,10H2,1-3H3,(H,18,23)(H,19,20)(H,21,22). The number of amides is 2. The normalized spacial score (nSPS) is 10.5. The summed E-state index contributed by atoms with van der Waals surface area (Å²) < 4.78 is 0. The Morgan fingerprint density at radius 2 is 1.96 bits per heavy atom. The molecule has 6 nitrogen and oxygen atoms in total. The van der Waals surface area contributed by atoms with Crippen LogP contribution in [-0.4, -0.2) is 40.9 Å². The molecule has 0 fully saturated rings. The van der Waals surface area contributed by atoms with E-state index in [1.54, 1.807) is 18.2 Å². The number of carbonyl (C=O) groups excluding carboxylic acids is 2. The molecule has 24 heavy (non-hydrogen) atoms. The number of nitrogens with one attached hydrogen (secondary N) is 2. The molecule has 7 heteroatoms. The maximum absolute atomic E-state index is 12.0. The van der Waals surface area contributed by atoms with E-state index in [-0.39, 0.29) is 23.5 Å². The summed E-state index contributed by atoms with van der Waals surface area (Å²) in [5.74, 6) is -0.263. The Hall–Kier alpha value is -2.02. The van der Waals surface area contributed by atoms with Crippen molar-refractivity contribution in [3.63, 3.8) is 0 Å². The van der Waals surface area contributed by atoms with Crippen LogP contribution in [0, 0.1) is 12.8 Å². The number of benzene rings is 1. The van der Waals surface area contributed by atoms with Gasteiger partial charge in [0.2, 0.25) is 5.91 Å². The monoisotopic (exact) mass is 352 g/mol. The fourth-order valence-electron chi connectivity index (χ4n) is 2.02. The lowest BCUT2D eigenvalue weighted by atomic mass is 10.1. The molecule has 0 saturated heterocycles. The third kappa shape index (κ3) is 7.50. The van der Waals surface area contributed by atoms with E-state index in [2.05, 4.69) is 10.6 Å². The molecule has 132 valence electrons. The molecular formula is C17H24N2O4S. The Kier molecular flexibility index (Phi) is 8.32. The van der Waals surface area contributed by atoms with Gasteiger partial charge in [0.1, 0.15) is 0 Å². The van der Waals surface area contributed by atoms with Crippen LogP contribution in [0.4, 0.5) is 5.69 Å². The van der Waals surface area contributed by atoms with Crippen LogP contribution in [0.1, 0.15) is 36.2 Å². The van der Waals surface area contributed by atoms with E-state index in [1.807, 2.05) is 20.8 Å². The van der Waals surface area contributed by atoms with Crippen LogP contribution in [0.15, 0.2) is 18.2 Å². The first kappa shape index (κ1) is 20.0. The second-order valence-corrected chi connectivity index (χ2v) is 6.98. The Bertz CT molecular complexity index is 602. The quantitative estimate of drug-likeness (QED) is 0.594.